The van der Waals surface area contributed by atoms with Gasteiger partial charge >= 0.3 is 0 Å². The maximum atomic E-state index is 3.90. The summed E-state index contributed by atoms with van der Waals surface area (Å²) in [6.07, 6.45) is 7.22. The monoisotopic (exact) mass is 162 g/mol. The molecule has 0 heterocycles. The van der Waals surface area contributed by atoms with Gasteiger partial charge in [0.1, 0.15) is 0 Å². The van der Waals surface area contributed by atoms with Crippen molar-refractivity contribution in [2.24, 2.45) is 16.7 Å². The molecular weight excluding hydrogens is 144 g/mol. The predicted octanol–water partition coefficient (Wildman–Crippen LogP) is 3.55. The van der Waals surface area contributed by atoms with E-state index in [4.69, 9.17) is 0 Å². The zero-order chi connectivity index (χ0) is 8.98. The third-order valence-corrected chi connectivity index (χ3v) is 4.54. The predicted molar refractivity (Wildman–Crippen MR) is 52.9 cm³/mol. The molecule has 0 aliphatic heterocycles. The Morgan fingerprint density at radius 2 is 2.17 bits per heavy atom. The van der Waals surface area contributed by atoms with Crippen LogP contribution in [0.15, 0.2) is 24.3 Å². The highest BCUT2D eigenvalue weighted by atomic mass is 14.6. The van der Waals surface area contributed by atoms with Crippen LogP contribution in [0.4, 0.5) is 0 Å². The average Bonchev–Trinajstić information content (AvgIpc) is 2.34. The molecule has 66 valence electrons. The van der Waals surface area contributed by atoms with Gasteiger partial charge in [0, 0.05) is 0 Å². The van der Waals surface area contributed by atoms with E-state index in [0.717, 1.165) is 5.92 Å². The molecule has 2 aliphatic rings. The minimum atomic E-state index is 0.416. The van der Waals surface area contributed by atoms with Gasteiger partial charge in [-0.1, -0.05) is 39.5 Å². The summed E-state index contributed by atoms with van der Waals surface area (Å²) in [5, 5.41) is 0. The second-order valence-electron chi connectivity index (χ2n) is 5.03. The molecule has 12 heavy (non-hydrogen) atoms. The topological polar surface area (TPSA) is 0 Å². The molecule has 2 aliphatic carbocycles. The lowest BCUT2D eigenvalue weighted by molar-refractivity contribution is 0.174. The Hall–Kier alpha value is -0.520. The fraction of sp³-hybridized carbons (Fsp3) is 0.667. The Labute approximate surface area is 75.4 Å². The summed E-state index contributed by atoms with van der Waals surface area (Å²) in [7, 11) is 0. The lowest BCUT2D eigenvalue weighted by atomic mass is 9.67. The first kappa shape index (κ1) is 8.10. The molecule has 0 amide bonds. The smallest absolute Gasteiger partial charge is 0.00216 e. The molecule has 0 saturated heterocycles. The van der Waals surface area contributed by atoms with Crippen molar-refractivity contribution in [1.82, 2.24) is 0 Å². The zero-order valence-corrected chi connectivity index (χ0v) is 8.35. The summed E-state index contributed by atoms with van der Waals surface area (Å²) in [5.41, 5.74) is 2.37. The van der Waals surface area contributed by atoms with Crippen LogP contribution in [0, 0.1) is 16.7 Å². The average molecular weight is 162 g/mol. The Bertz CT molecular complexity index is 257. The molecule has 0 aromatic heterocycles. The standard InChI is InChI=1S/C12H18/c1-5-9-8-10-6-7-12(9,4)11(10,2)3/h5,8,10H,1,6-7H2,2-4H3. The van der Waals surface area contributed by atoms with Crippen LogP contribution >= 0.6 is 0 Å². The van der Waals surface area contributed by atoms with E-state index < -0.39 is 0 Å². The number of fused-ring (bicyclic) bond motifs is 2. The van der Waals surface area contributed by atoms with Gasteiger partial charge in [-0.05, 0) is 35.2 Å². The third-order valence-electron chi connectivity index (χ3n) is 4.54. The van der Waals surface area contributed by atoms with Crippen molar-refractivity contribution in [2.45, 2.75) is 33.6 Å². The minimum absolute atomic E-state index is 0.416. The molecule has 2 atom stereocenters. The summed E-state index contributed by atoms with van der Waals surface area (Å²) in [6.45, 7) is 11.1. The van der Waals surface area contributed by atoms with Crippen LogP contribution in [0.1, 0.15) is 33.6 Å². The molecule has 0 radical (unpaired) electrons. The number of hydrogen-bond acceptors (Lipinski definition) is 0. The van der Waals surface area contributed by atoms with Gasteiger partial charge in [-0.15, -0.1) is 0 Å². The normalized spacial score (nSPS) is 42.9. The van der Waals surface area contributed by atoms with Crippen LogP contribution in [0.3, 0.4) is 0 Å². The molecule has 0 nitrogen and oxygen atoms in total. The van der Waals surface area contributed by atoms with E-state index in [1.807, 2.05) is 0 Å². The summed E-state index contributed by atoms with van der Waals surface area (Å²) >= 11 is 0. The van der Waals surface area contributed by atoms with Gasteiger partial charge in [-0.3, -0.25) is 0 Å². The maximum Gasteiger partial charge on any atom is -0.00216 e. The summed E-state index contributed by atoms with van der Waals surface area (Å²) in [4.78, 5) is 0. The first-order valence-electron chi connectivity index (χ1n) is 4.87. The largest absolute Gasteiger partial charge is 0.0988 e. The van der Waals surface area contributed by atoms with Crippen LogP contribution in [-0.4, -0.2) is 0 Å². The molecule has 0 aromatic carbocycles. The molecule has 0 aromatic rings. The van der Waals surface area contributed by atoms with E-state index in [1.165, 1.54) is 18.4 Å². The highest BCUT2D eigenvalue weighted by Crippen LogP contribution is 2.65. The van der Waals surface area contributed by atoms with Gasteiger partial charge in [0.15, 0.2) is 0 Å². The van der Waals surface area contributed by atoms with E-state index in [1.54, 1.807) is 0 Å². The van der Waals surface area contributed by atoms with E-state index in [9.17, 15) is 0 Å². The molecule has 2 unspecified atom stereocenters. The number of rotatable bonds is 1. The quantitative estimate of drug-likeness (QED) is 0.553. The molecular formula is C12H18. The molecule has 2 bridgehead atoms. The second kappa shape index (κ2) is 2.04. The summed E-state index contributed by atoms with van der Waals surface area (Å²) in [6, 6.07) is 0. The molecule has 1 saturated carbocycles. The van der Waals surface area contributed by atoms with Crippen molar-refractivity contribution < 1.29 is 0 Å². The summed E-state index contributed by atoms with van der Waals surface area (Å²) in [5.74, 6) is 0.801. The lowest BCUT2D eigenvalue weighted by Crippen LogP contribution is -2.29. The zero-order valence-electron chi connectivity index (χ0n) is 8.35. The van der Waals surface area contributed by atoms with Gasteiger partial charge in [-0.2, -0.15) is 0 Å². The molecule has 2 rings (SSSR count). The molecule has 0 heteroatoms. The van der Waals surface area contributed by atoms with Crippen molar-refractivity contribution in [1.29, 1.82) is 0 Å². The first-order valence-corrected chi connectivity index (χ1v) is 4.87. The van der Waals surface area contributed by atoms with Gasteiger partial charge < -0.3 is 0 Å². The van der Waals surface area contributed by atoms with E-state index in [0.29, 0.717) is 10.8 Å². The Morgan fingerprint density at radius 3 is 2.42 bits per heavy atom. The minimum Gasteiger partial charge on any atom is -0.0988 e. The summed E-state index contributed by atoms with van der Waals surface area (Å²) < 4.78 is 0. The van der Waals surface area contributed by atoms with Crippen LogP contribution in [-0.2, 0) is 0 Å². The Morgan fingerprint density at radius 1 is 1.50 bits per heavy atom. The molecule has 1 fully saturated rings. The number of allylic oxidation sites excluding steroid dienone is 3. The Kier molecular flexibility index (Phi) is 1.38. The first-order chi connectivity index (χ1) is 5.52. The Balaban J connectivity index is 2.49. The van der Waals surface area contributed by atoms with Crippen molar-refractivity contribution in [3.63, 3.8) is 0 Å². The van der Waals surface area contributed by atoms with Gasteiger partial charge in [0.25, 0.3) is 0 Å². The second-order valence-corrected chi connectivity index (χ2v) is 5.03. The van der Waals surface area contributed by atoms with E-state index in [2.05, 4.69) is 39.5 Å². The van der Waals surface area contributed by atoms with Crippen LogP contribution < -0.4 is 0 Å². The lowest BCUT2D eigenvalue weighted by Gasteiger charge is -2.36. The highest BCUT2D eigenvalue weighted by Gasteiger charge is 2.55. The van der Waals surface area contributed by atoms with Crippen LogP contribution in [0.25, 0.3) is 0 Å². The van der Waals surface area contributed by atoms with E-state index in [-0.39, 0.29) is 0 Å². The van der Waals surface area contributed by atoms with Crippen molar-refractivity contribution >= 4 is 0 Å². The molecule has 0 spiro atoms. The third kappa shape index (κ3) is 0.646. The van der Waals surface area contributed by atoms with Gasteiger partial charge in [0.05, 0.1) is 0 Å². The fourth-order valence-corrected chi connectivity index (χ4v) is 3.04. The van der Waals surface area contributed by atoms with Gasteiger partial charge in [-0.25, -0.2) is 0 Å². The molecule has 0 N–H and O–H groups in total. The maximum absolute atomic E-state index is 3.90. The van der Waals surface area contributed by atoms with Crippen LogP contribution in [0.5, 0.6) is 0 Å². The highest BCUT2D eigenvalue weighted by molar-refractivity contribution is 5.37. The van der Waals surface area contributed by atoms with Crippen molar-refractivity contribution in [3.8, 4) is 0 Å². The number of hydrogen-bond donors (Lipinski definition) is 0. The van der Waals surface area contributed by atoms with Gasteiger partial charge in [0.2, 0.25) is 0 Å². The van der Waals surface area contributed by atoms with Crippen LogP contribution in [0.2, 0.25) is 0 Å². The van der Waals surface area contributed by atoms with Crippen molar-refractivity contribution in [3.05, 3.63) is 24.3 Å². The van der Waals surface area contributed by atoms with Crippen molar-refractivity contribution in [2.75, 3.05) is 0 Å². The van der Waals surface area contributed by atoms with E-state index >= 15 is 0 Å². The fourth-order valence-electron chi connectivity index (χ4n) is 3.04. The SMILES string of the molecule is C=CC1=CC2CCC1(C)C2(C)C.